The van der Waals surface area contributed by atoms with Gasteiger partial charge in [0.15, 0.2) is 12.4 Å². The average molecular weight is 293 g/mol. The summed E-state index contributed by atoms with van der Waals surface area (Å²) in [5.74, 6) is -0.961. The third-order valence-electron chi connectivity index (χ3n) is 2.67. The van der Waals surface area contributed by atoms with Gasteiger partial charge in [0.2, 0.25) is 5.88 Å². The Hall–Kier alpha value is -2.70. The van der Waals surface area contributed by atoms with Crippen LogP contribution < -0.4 is 10.5 Å². The van der Waals surface area contributed by atoms with E-state index in [9.17, 15) is 14.7 Å². The zero-order valence-electron chi connectivity index (χ0n) is 11.4. The van der Waals surface area contributed by atoms with Crippen LogP contribution >= 0.6 is 0 Å². The number of carbonyl (C=O) groups is 1. The lowest BCUT2D eigenvalue weighted by atomic mass is 10.1. The van der Waals surface area contributed by atoms with Crippen molar-refractivity contribution in [1.82, 2.24) is 4.98 Å². The lowest BCUT2D eigenvalue weighted by molar-refractivity contribution is -0.145. The van der Waals surface area contributed by atoms with Crippen LogP contribution in [-0.2, 0) is 16.0 Å². The number of aromatic hydroxyl groups is 1. The summed E-state index contributed by atoms with van der Waals surface area (Å²) in [6.07, 6.45) is 0.156. The zero-order valence-corrected chi connectivity index (χ0v) is 11.4. The summed E-state index contributed by atoms with van der Waals surface area (Å²) >= 11 is 0. The Morgan fingerprint density at radius 3 is 2.81 bits per heavy atom. The Kier molecular flexibility index (Phi) is 4.65. The lowest BCUT2D eigenvalue weighted by Crippen LogP contribution is -2.15. The standard InChI is InChI=1S/C14H15NO6/c1-2-19-12(16)8-20-10-6-4-3-5-9(10)7-11-13(17)15-14(18)21-11/h3-6,17H,2,7-8H2,1H3,(H,15,18). The summed E-state index contributed by atoms with van der Waals surface area (Å²) in [4.78, 5) is 24.4. The van der Waals surface area contributed by atoms with E-state index >= 15 is 0 Å². The molecule has 0 aliphatic rings. The number of hydrogen-bond donors (Lipinski definition) is 2. The number of esters is 1. The topological polar surface area (TPSA) is 102 Å². The summed E-state index contributed by atoms with van der Waals surface area (Å²) in [5.41, 5.74) is 0.667. The van der Waals surface area contributed by atoms with E-state index in [-0.39, 0.29) is 31.3 Å². The molecule has 2 aromatic rings. The summed E-state index contributed by atoms with van der Waals surface area (Å²) in [5, 5.41) is 9.51. The van der Waals surface area contributed by atoms with E-state index in [0.29, 0.717) is 11.3 Å². The number of aromatic amines is 1. The third-order valence-corrected chi connectivity index (χ3v) is 2.67. The van der Waals surface area contributed by atoms with Gasteiger partial charge >= 0.3 is 11.7 Å². The van der Waals surface area contributed by atoms with Crippen LogP contribution in [0, 0.1) is 0 Å². The maximum Gasteiger partial charge on any atom is 0.419 e. The predicted molar refractivity (Wildman–Crippen MR) is 72.4 cm³/mol. The molecule has 0 atom stereocenters. The summed E-state index contributed by atoms with van der Waals surface area (Å²) in [6, 6.07) is 6.94. The van der Waals surface area contributed by atoms with Crippen molar-refractivity contribution in [2.45, 2.75) is 13.3 Å². The van der Waals surface area contributed by atoms with Crippen LogP contribution in [0.4, 0.5) is 0 Å². The van der Waals surface area contributed by atoms with Crippen molar-refractivity contribution in [3.8, 4) is 11.6 Å². The molecular weight excluding hydrogens is 278 g/mol. The van der Waals surface area contributed by atoms with Crippen LogP contribution in [0.2, 0.25) is 0 Å². The second-order valence-corrected chi connectivity index (χ2v) is 4.16. The van der Waals surface area contributed by atoms with E-state index in [4.69, 9.17) is 13.9 Å². The highest BCUT2D eigenvalue weighted by Gasteiger charge is 2.13. The number of nitrogens with one attached hydrogen (secondary N) is 1. The monoisotopic (exact) mass is 293 g/mol. The van der Waals surface area contributed by atoms with E-state index in [0.717, 1.165) is 0 Å². The molecular formula is C14H15NO6. The van der Waals surface area contributed by atoms with Gasteiger partial charge in [0.1, 0.15) is 5.75 Å². The van der Waals surface area contributed by atoms with Gasteiger partial charge in [0.05, 0.1) is 6.61 Å². The van der Waals surface area contributed by atoms with Gasteiger partial charge in [-0.2, -0.15) is 0 Å². The molecule has 1 heterocycles. The second-order valence-electron chi connectivity index (χ2n) is 4.16. The summed E-state index contributed by atoms with van der Waals surface area (Å²) < 4.78 is 15.0. The van der Waals surface area contributed by atoms with Crippen molar-refractivity contribution in [1.29, 1.82) is 0 Å². The van der Waals surface area contributed by atoms with Crippen LogP contribution in [0.25, 0.3) is 0 Å². The Bertz CT molecular complexity index is 672. The van der Waals surface area contributed by atoms with Crippen LogP contribution in [0.5, 0.6) is 11.6 Å². The molecule has 1 aromatic carbocycles. The van der Waals surface area contributed by atoms with Gasteiger partial charge in [-0.3, -0.25) is 4.98 Å². The lowest BCUT2D eigenvalue weighted by Gasteiger charge is -2.10. The van der Waals surface area contributed by atoms with Crippen molar-refractivity contribution >= 4 is 5.97 Å². The molecule has 0 spiro atoms. The molecule has 2 rings (SSSR count). The smallest absolute Gasteiger partial charge is 0.419 e. The molecule has 21 heavy (non-hydrogen) atoms. The average Bonchev–Trinajstić information content (AvgIpc) is 2.76. The number of H-pyrrole nitrogens is 1. The minimum atomic E-state index is -0.729. The Morgan fingerprint density at radius 2 is 2.14 bits per heavy atom. The fraction of sp³-hybridized carbons (Fsp3) is 0.286. The first-order valence-electron chi connectivity index (χ1n) is 6.37. The van der Waals surface area contributed by atoms with E-state index < -0.39 is 11.7 Å². The number of aromatic nitrogens is 1. The Morgan fingerprint density at radius 1 is 1.38 bits per heavy atom. The molecule has 0 aliphatic heterocycles. The Balaban J connectivity index is 2.11. The van der Waals surface area contributed by atoms with Crippen LogP contribution in [0.1, 0.15) is 18.2 Å². The van der Waals surface area contributed by atoms with E-state index in [2.05, 4.69) is 4.98 Å². The highest BCUT2D eigenvalue weighted by Crippen LogP contribution is 2.24. The van der Waals surface area contributed by atoms with Gasteiger partial charge in [-0.15, -0.1) is 0 Å². The molecule has 112 valence electrons. The van der Waals surface area contributed by atoms with E-state index in [1.165, 1.54) is 0 Å². The molecule has 0 saturated carbocycles. The van der Waals surface area contributed by atoms with Crippen LogP contribution in [-0.4, -0.2) is 29.3 Å². The van der Waals surface area contributed by atoms with Crippen LogP contribution in [0.15, 0.2) is 33.5 Å². The maximum absolute atomic E-state index is 11.3. The highest BCUT2D eigenvalue weighted by atomic mass is 16.6. The number of benzene rings is 1. The SMILES string of the molecule is CCOC(=O)COc1ccccc1Cc1oc(=O)[nH]c1O. The first kappa shape index (κ1) is 14.7. The molecule has 2 N–H and O–H groups in total. The summed E-state index contributed by atoms with van der Waals surface area (Å²) in [7, 11) is 0. The number of hydrogen-bond acceptors (Lipinski definition) is 6. The molecule has 0 saturated heterocycles. The van der Waals surface area contributed by atoms with Crippen molar-refractivity contribution in [2.75, 3.05) is 13.2 Å². The normalized spacial score (nSPS) is 10.3. The number of carbonyl (C=O) groups excluding carboxylic acids is 1. The first-order valence-corrected chi connectivity index (χ1v) is 6.37. The zero-order chi connectivity index (χ0) is 15.2. The molecule has 0 radical (unpaired) electrons. The number of ether oxygens (including phenoxy) is 2. The van der Waals surface area contributed by atoms with Crippen molar-refractivity contribution < 1.29 is 23.8 Å². The van der Waals surface area contributed by atoms with Crippen molar-refractivity contribution in [2.24, 2.45) is 0 Å². The molecule has 0 bridgehead atoms. The number of para-hydroxylation sites is 1. The molecule has 7 nitrogen and oxygen atoms in total. The molecule has 1 aromatic heterocycles. The van der Waals surface area contributed by atoms with E-state index in [1.807, 2.05) is 0 Å². The Labute approximate surface area is 120 Å². The van der Waals surface area contributed by atoms with Gasteiger partial charge in [0, 0.05) is 12.0 Å². The molecule has 0 aliphatic carbocycles. The number of rotatable bonds is 6. The predicted octanol–water partition coefficient (Wildman–Crippen LogP) is 1.21. The van der Waals surface area contributed by atoms with E-state index in [1.54, 1.807) is 31.2 Å². The van der Waals surface area contributed by atoms with Gasteiger partial charge in [0.25, 0.3) is 0 Å². The largest absolute Gasteiger partial charge is 0.492 e. The fourth-order valence-electron chi connectivity index (χ4n) is 1.77. The highest BCUT2D eigenvalue weighted by molar-refractivity contribution is 5.71. The summed E-state index contributed by atoms with van der Waals surface area (Å²) in [6.45, 7) is 1.78. The van der Waals surface area contributed by atoms with Crippen LogP contribution in [0.3, 0.4) is 0 Å². The first-order chi connectivity index (χ1) is 10.1. The third kappa shape index (κ3) is 3.88. The van der Waals surface area contributed by atoms with Crippen molar-refractivity contribution in [3.63, 3.8) is 0 Å². The number of oxazole rings is 1. The molecule has 7 heteroatoms. The quantitative estimate of drug-likeness (QED) is 0.776. The van der Waals surface area contributed by atoms with Gasteiger partial charge in [-0.25, -0.2) is 9.59 Å². The fourth-order valence-corrected chi connectivity index (χ4v) is 1.77. The van der Waals surface area contributed by atoms with Gasteiger partial charge < -0.3 is 19.0 Å². The van der Waals surface area contributed by atoms with Gasteiger partial charge in [-0.1, -0.05) is 18.2 Å². The van der Waals surface area contributed by atoms with Crippen molar-refractivity contribution in [3.05, 3.63) is 46.1 Å². The molecule has 0 unspecified atom stereocenters. The minimum Gasteiger partial charge on any atom is -0.492 e. The second kappa shape index (κ2) is 6.65. The molecule has 0 fully saturated rings. The minimum absolute atomic E-state index is 0.104. The van der Waals surface area contributed by atoms with Gasteiger partial charge in [-0.05, 0) is 13.0 Å². The molecule has 0 amide bonds. The maximum atomic E-state index is 11.3.